The fourth-order valence-electron chi connectivity index (χ4n) is 1.70. The number of amides is 3. The Kier molecular flexibility index (Phi) is 9.60. The molecule has 0 aromatic carbocycles. The zero-order valence-electron chi connectivity index (χ0n) is 13.1. The number of nitrogens with zero attached hydrogens (tertiary/aromatic N) is 2. The smallest absolute Gasteiger partial charge is 0.326 e. The third kappa shape index (κ3) is 7.22. The van der Waals surface area contributed by atoms with Gasteiger partial charge in [-0.2, -0.15) is 11.8 Å². The molecule has 0 spiro atoms. The number of rotatable bonds is 9. The quantitative estimate of drug-likeness (QED) is 0.653. The van der Waals surface area contributed by atoms with Crippen molar-refractivity contribution in [2.75, 3.05) is 38.7 Å². The first-order chi connectivity index (χ1) is 9.87. The number of carboxylic acids is 1. The summed E-state index contributed by atoms with van der Waals surface area (Å²) in [6.45, 7) is 4.82. The average Bonchev–Trinajstić information content (AvgIpc) is 2.43. The highest BCUT2D eigenvalue weighted by molar-refractivity contribution is 7.98. The Hall–Kier alpha value is -1.44. The summed E-state index contributed by atoms with van der Waals surface area (Å²) in [5, 5.41) is 11.5. The Bertz CT molecular complexity index is 361. The first-order valence-electron chi connectivity index (χ1n) is 6.88. The van der Waals surface area contributed by atoms with E-state index in [1.165, 1.54) is 23.7 Å². The fourth-order valence-corrected chi connectivity index (χ4v) is 2.17. The molecule has 1 atom stereocenters. The minimum Gasteiger partial charge on any atom is -0.480 e. The monoisotopic (exact) mass is 319 g/mol. The van der Waals surface area contributed by atoms with Crippen LogP contribution in [0.5, 0.6) is 0 Å². The Morgan fingerprint density at radius 1 is 1.24 bits per heavy atom. The van der Waals surface area contributed by atoms with Gasteiger partial charge in [-0.1, -0.05) is 0 Å². The van der Waals surface area contributed by atoms with Crippen molar-refractivity contribution in [1.29, 1.82) is 0 Å². The van der Waals surface area contributed by atoms with Gasteiger partial charge in [0.05, 0.1) is 0 Å². The molecule has 0 saturated carbocycles. The van der Waals surface area contributed by atoms with Crippen molar-refractivity contribution in [3.05, 3.63) is 0 Å². The summed E-state index contributed by atoms with van der Waals surface area (Å²) >= 11 is 1.51. The Balaban J connectivity index is 4.48. The van der Waals surface area contributed by atoms with E-state index < -0.39 is 18.0 Å². The number of thioether (sulfide) groups is 1. The average molecular weight is 319 g/mol. The van der Waals surface area contributed by atoms with Crippen LogP contribution in [0.15, 0.2) is 0 Å². The SMILES string of the molecule is CCN(CC)C(=O)CN(C)C(=O)NC(CCSC)C(=O)O. The zero-order chi connectivity index (χ0) is 16.4. The number of carbonyl (C=O) groups is 3. The van der Waals surface area contributed by atoms with Crippen LogP contribution in [-0.4, -0.2) is 77.5 Å². The van der Waals surface area contributed by atoms with Crippen LogP contribution in [0.1, 0.15) is 20.3 Å². The van der Waals surface area contributed by atoms with Crippen molar-refractivity contribution in [1.82, 2.24) is 15.1 Å². The number of hydrogen-bond donors (Lipinski definition) is 2. The third-order valence-electron chi connectivity index (χ3n) is 3.04. The number of likely N-dealkylation sites (N-methyl/N-ethyl adjacent to an activating group) is 2. The molecular weight excluding hydrogens is 294 g/mol. The van der Waals surface area contributed by atoms with Gasteiger partial charge in [0.15, 0.2) is 0 Å². The van der Waals surface area contributed by atoms with E-state index in [1.54, 1.807) is 4.90 Å². The molecule has 0 aliphatic rings. The maximum Gasteiger partial charge on any atom is 0.326 e. The van der Waals surface area contributed by atoms with Gasteiger partial charge < -0.3 is 20.2 Å². The van der Waals surface area contributed by atoms with Crippen LogP contribution in [0.25, 0.3) is 0 Å². The van der Waals surface area contributed by atoms with Crippen LogP contribution < -0.4 is 5.32 Å². The van der Waals surface area contributed by atoms with Gasteiger partial charge in [0.2, 0.25) is 5.91 Å². The molecule has 21 heavy (non-hydrogen) atoms. The lowest BCUT2D eigenvalue weighted by atomic mass is 10.2. The lowest BCUT2D eigenvalue weighted by Gasteiger charge is -2.24. The molecule has 122 valence electrons. The number of urea groups is 1. The van der Waals surface area contributed by atoms with Gasteiger partial charge in [-0.05, 0) is 32.3 Å². The van der Waals surface area contributed by atoms with Crippen molar-refractivity contribution in [2.45, 2.75) is 26.3 Å². The molecule has 0 aromatic heterocycles. The van der Waals surface area contributed by atoms with Crippen molar-refractivity contribution in [3.63, 3.8) is 0 Å². The van der Waals surface area contributed by atoms with E-state index in [0.717, 1.165) is 0 Å². The topological polar surface area (TPSA) is 90.0 Å². The molecule has 0 saturated heterocycles. The third-order valence-corrected chi connectivity index (χ3v) is 3.69. The van der Waals surface area contributed by atoms with Gasteiger partial charge >= 0.3 is 12.0 Å². The van der Waals surface area contributed by atoms with E-state index in [0.29, 0.717) is 25.3 Å². The minimum atomic E-state index is -1.07. The van der Waals surface area contributed by atoms with Gasteiger partial charge in [0.1, 0.15) is 12.6 Å². The van der Waals surface area contributed by atoms with Crippen molar-refractivity contribution < 1.29 is 19.5 Å². The largest absolute Gasteiger partial charge is 0.480 e. The number of nitrogens with one attached hydrogen (secondary N) is 1. The highest BCUT2D eigenvalue weighted by Gasteiger charge is 2.23. The fraction of sp³-hybridized carbons (Fsp3) is 0.769. The standard InChI is InChI=1S/C13H25N3O4S/c1-5-16(6-2)11(17)9-15(3)13(20)14-10(12(18)19)7-8-21-4/h10H,5-9H2,1-4H3,(H,14,20)(H,18,19). The summed E-state index contributed by atoms with van der Waals surface area (Å²) in [5.41, 5.74) is 0. The Morgan fingerprint density at radius 2 is 1.81 bits per heavy atom. The second kappa shape index (κ2) is 10.3. The molecule has 0 rings (SSSR count). The molecule has 2 N–H and O–H groups in total. The van der Waals surface area contributed by atoms with Crippen LogP contribution in [0.2, 0.25) is 0 Å². The molecule has 0 aromatic rings. The molecular formula is C13H25N3O4S. The molecule has 1 unspecified atom stereocenters. The van der Waals surface area contributed by atoms with E-state index >= 15 is 0 Å². The predicted molar refractivity (Wildman–Crippen MR) is 83.5 cm³/mol. The van der Waals surface area contributed by atoms with Crippen LogP contribution >= 0.6 is 11.8 Å². The van der Waals surface area contributed by atoms with Gasteiger partial charge in [-0.15, -0.1) is 0 Å². The Morgan fingerprint density at radius 3 is 2.24 bits per heavy atom. The second-order valence-electron chi connectivity index (χ2n) is 4.54. The predicted octanol–water partition coefficient (Wildman–Crippen LogP) is 0.703. The zero-order valence-corrected chi connectivity index (χ0v) is 13.9. The van der Waals surface area contributed by atoms with E-state index in [-0.39, 0.29) is 12.5 Å². The Labute approximate surface area is 130 Å². The van der Waals surface area contributed by atoms with Crippen LogP contribution in [0, 0.1) is 0 Å². The van der Waals surface area contributed by atoms with Crippen LogP contribution in [0.4, 0.5) is 4.79 Å². The molecule has 0 fully saturated rings. The van der Waals surface area contributed by atoms with E-state index in [9.17, 15) is 14.4 Å². The van der Waals surface area contributed by atoms with Gasteiger partial charge in [0, 0.05) is 20.1 Å². The summed E-state index contributed by atoms with van der Waals surface area (Å²) in [4.78, 5) is 37.7. The van der Waals surface area contributed by atoms with Gasteiger partial charge in [0.25, 0.3) is 0 Å². The molecule has 8 heteroatoms. The second-order valence-corrected chi connectivity index (χ2v) is 5.53. The molecule has 0 bridgehead atoms. The van der Waals surface area contributed by atoms with Crippen molar-refractivity contribution in [2.24, 2.45) is 0 Å². The summed E-state index contributed by atoms with van der Waals surface area (Å²) in [7, 11) is 1.48. The van der Waals surface area contributed by atoms with Gasteiger partial charge in [-0.3, -0.25) is 4.79 Å². The highest BCUT2D eigenvalue weighted by atomic mass is 32.2. The molecule has 7 nitrogen and oxygen atoms in total. The van der Waals surface area contributed by atoms with E-state index in [2.05, 4.69) is 5.32 Å². The number of carboxylic acid groups (broad SMARTS) is 1. The number of hydrogen-bond acceptors (Lipinski definition) is 4. The maximum absolute atomic E-state index is 11.9. The lowest BCUT2D eigenvalue weighted by molar-refractivity contribution is -0.139. The maximum atomic E-state index is 11.9. The highest BCUT2D eigenvalue weighted by Crippen LogP contribution is 2.02. The molecule has 0 heterocycles. The van der Waals surface area contributed by atoms with Gasteiger partial charge in [-0.25, -0.2) is 9.59 Å². The molecule has 3 amide bonds. The number of carbonyl (C=O) groups excluding carboxylic acids is 2. The molecule has 0 aliphatic carbocycles. The van der Waals surface area contributed by atoms with Crippen LogP contribution in [0.3, 0.4) is 0 Å². The van der Waals surface area contributed by atoms with Crippen molar-refractivity contribution in [3.8, 4) is 0 Å². The number of aliphatic carboxylic acids is 1. The summed E-state index contributed by atoms with van der Waals surface area (Å²) in [6.07, 6.45) is 2.22. The summed E-state index contributed by atoms with van der Waals surface area (Å²) < 4.78 is 0. The summed E-state index contributed by atoms with van der Waals surface area (Å²) in [5.74, 6) is -0.589. The first kappa shape index (κ1) is 19.6. The summed E-state index contributed by atoms with van der Waals surface area (Å²) in [6, 6.07) is -1.49. The van der Waals surface area contributed by atoms with Crippen LogP contribution in [-0.2, 0) is 9.59 Å². The van der Waals surface area contributed by atoms with E-state index in [1.807, 2.05) is 20.1 Å². The normalized spacial score (nSPS) is 11.6. The van der Waals surface area contributed by atoms with Crippen molar-refractivity contribution >= 4 is 29.7 Å². The molecule has 0 aliphatic heterocycles. The minimum absolute atomic E-state index is 0.0671. The molecule has 0 radical (unpaired) electrons. The first-order valence-corrected chi connectivity index (χ1v) is 8.27. The van der Waals surface area contributed by atoms with E-state index in [4.69, 9.17) is 5.11 Å². The lowest BCUT2D eigenvalue weighted by Crippen LogP contribution is -2.49.